The number of benzene rings is 1. The molecular weight excluding hydrogens is 242 g/mol. The second-order valence-electron chi connectivity index (χ2n) is 6.47. The van der Waals surface area contributed by atoms with Crippen LogP contribution >= 0.6 is 0 Å². The molecular formula is C19H33N. The van der Waals surface area contributed by atoms with Crippen LogP contribution in [0.25, 0.3) is 0 Å². The Morgan fingerprint density at radius 1 is 1.00 bits per heavy atom. The van der Waals surface area contributed by atoms with Gasteiger partial charge in [0.2, 0.25) is 0 Å². The number of unbranched alkanes of at least 4 members (excludes halogenated alkanes) is 3. The van der Waals surface area contributed by atoms with E-state index in [4.69, 9.17) is 0 Å². The van der Waals surface area contributed by atoms with Gasteiger partial charge in [0.25, 0.3) is 0 Å². The minimum atomic E-state index is 0.589. The fraction of sp³-hybridized carbons (Fsp3) is 0.684. The lowest BCUT2D eigenvalue weighted by molar-refractivity contribution is 0.405. The summed E-state index contributed by atoms with van der Waals surface area (Å²) in [6, 6.07) is 9.65. The first-order chi connectivity index (χ1) is 9.61. The minimum absolute atomic E-state index is 0.589. The molecule has 114 valence electrons. The summed E-state index contributed by atoms with van der Waals surface area (Å²) in [6.45, 7) is 10.1. The van der Waals surface area contributed by atoms with Crippen LogP contribution < -0.4 is 5.32 Å². The molecule has 1 aromatic rings. The second-order valence-corrected chi connectivity index (χ2v) is 6.47. The van der Waals surface area contributed by atoms with Crippen molar-refractivity contribution in [1.82, 2.24) is 5.32 Å². The van der Waals surface area contributed by atoms with Crippen LogP contribution in [0.3, 0.4) is 0 Å². The van der Waals surface area contributed by atoms with Crippen molar-refractivity contribution in [2.75, 3.05) is 6.54 Å². The van der Waals surface area contributed by atoms with E-state index in [1.807, 2.05) is 0 Å². The molecule has 1 unspecified atom stereocenters. The Bertz CT molecular complexity index is 339. The van der Waals surface area contributed by atoms with Crippen molar-refractivity contribution in [3.63, 3.8) is 0 Å². The lowest BCUT2D eigenvalue weighted by Crippen LogP contribution is -2.30. The largest absolute Gasteiger partial charge is 0.314 e. The van der Waals surface area contributed by atoms with E-state index in [0.29, 0.717) is 6.04 Å². The van der Waals surface area contributed by atoms with Crippen molar-refractivity contribution >= 4 is 0 Å². The Balaban J connectivity index is 2.45. The number of nitrogens with one attached hydrogen (secondary N) is 1. The molecule has 0 spiro atoms. The van der Waals surface area contributed by atoms with Crippen molar-refractivity contribution in [2.45, 2.75) is 72.3 Å². The summed E-state index contributed by atoms with van der Waals surface area (Å²) < 4.78 is 0. The van der Waals surface area contributed by atoms with Gasteiger partial charge in [0, 0.05) is 6.04 Å². The number of rotatable bonds is 10. The van der Waals surface area contributed by atoms with Gasteiger partial charge in [0.15, 0.2) is 0 Å². The van der Waals surface area contributed by atoms with E-state index in [2.05, 4.69) is 57.3 Å². The fourth-order valence-electron chi connectivity index (χ4n) is 2.60. The van der Waals surface area contributed by atoms with Gasteiger partial charge in [-0.05, 0) is 37.8 Å². The Labute approximate surface area is 126 Å². The van der Waals surface area contributed by atoms with Crippen LogP contribution in [0.2, 0.25) is 0 Å². The molecule has 1 atom stereocenters. The summed E-state index contributed by atoms with van der Waals surface area (Å²) in [7, 11) is 0. The molecule has 20 heavy (non-hydrogen) atoms. The maximum atomic E-state index is 3.62. The third-order valence-electron chi connectivity index (χ3n) is 3.93. The van der Waals surface area contributed by atoms with Crippen LogP contribution in [-0.4, -0.2) is 12.6 Å². The normalized spacial score (nSPS) is 12.8. The van der Waals surface area contributed by atoms with Crippen LogP contribution in [0.1, 0.15) is 64.0 Å². The predicted molar refractivity (Wildman–Crippen MR) is 90.3 cm³/mol. The zero-order valence-corrected chi connectivity index (χ0v) is 13.9. The van der Waals surface area contributed by atoms with Crippen LogP contribution in [0.5, 0.6) is 0 Å². The molecule has 1 rings (SSSR count). The summed E-state index contributed by atoms with van der Waals surface area (Å²) in [4.78, 5) is 0. The minimum Gasteiger partial charge on any atom is -0.314 e. The van der Waals surface area contributed by atoms with E-state index in [1.165, 1.54) is 49.7 Å². The molecule has 0 heterocycles. The zero-order chi connectivity index (χ0) is 14.8. The van der Waals surface area contributed by atoms with Gasteiger partial charge in [-0.2, -0.15) is 0 Å². The maximum absolute atomic E-state index is 3.62. The summed E-state index contributed by atoms with van der Waals surface area (Å²) in [5, 5.41) is 3.62. The van der Waals surface area contributed by atoms with E-state index in [0.717, 1.165) is 12.5 Å². The third kappa shape index (κ3) is 7.69. The highest BCUT2D eigenvalue weighted by atomic mass is 14.9. The van der Waals surface area contributed by atoms with Gasteiger partial charge >= 0.3 is 0 Å². The van der Waals surface area contributed by atoms with E-state index < -0.39 is 0 Å². The summed E-state index contributed by atoms with van der Waals surface area (Å²) in [6.07, 6.45) is 8.05. The first-order valence-corrected chi connectivity index (χ1v) is 8.40. The molecule has 0 fully saturated rings. The number of hydrogen-bond acceptors (Lipinski definition) is 1. The van der Waals surface area contributed by atoms with Crippen LogP contribution in [-0.2, 0) is 6.42 Å². The fourth-order valence-corrected chi connectivity index (χ4v) is 2.60. The standard InChI is InChI=1S/C19H33N/c1-5-6-7-8-9-19(15-20-16(2)3)14-18-12-10-17(4)11-13-18/h10-13,16,19-20H,5-9,14-15H2,1-4H3. The van der Waals surface area contributed by atoms with Crippen molar-refractivity contribution in [2.24, 2.45) is 5.92 Å². The molecule has 1 nitrogen and oxygen atoms in total. The molecule has 0 aliphatic carbocycles. The molecule has 0 saturated carbocycles. The van der Waals surface area contributed by atoms with Crippen molar-refractivity contribution in [1.29, 1.82) is 0 Å². The third-order valence-corrected chi connectivity index (χ3v) is 3.93. The predicted octanol–water partition coefficient (Wildman–Crippen LogP) is 5.12. The molecule has 0 saturated heterocycles. The molecule has 1 aromatic carbocycles. The van der Waals surface area contributed by atoms with Crippen molar-refractivity contribution in [3.8, 4) is 0 Å². The molecule has 0 aromatic heterocycles. The maximum Gasteiger partial charge on any atom is 0.00104 e. The monoisotopic (exact) mass is 275 g/mol. The van der Waals surface area contributed by atoms with E-state index >= 15 is 0 Å². The summed E-state index contributed by atoms with van der Waals surface area (Å²) in [5.74, 6) is 0.775. The van der Waals surface area contributed by atoms with Gasteiger partial charge in [-0.25, -0.2) is 0 Å². The summed E-state index contributed by atoms with van der Waals surface area (Å²) in [5.41, 5.74) is 2.84. The highest BCUT2D eigenvalue weighted by Gasteiger charge is 2.10. The molecule has 0 bridgehead atoms. The van der Waals surface area contributed by atoms with Gasteiger partial charge < -0.3 is 5.32 Å². The molecule has 0 aliphatic rings. The SMILES string of the molecule is CCCCCCC(CNC(C)C)Cc1ccc(C)cc1. The van der Waals surface area contributed by atoms with E-state index in [9.17, 15) is 0 Å². The van der Waals surface area contributed by atoms with Crippen LogP contribution in [0.4, 0.5) is 0 Å². The smallest absolute Gasteiger partial charge is 0.00104 e. The number of hydrogen-bond donors (Lipinski definition) is 1. The zero-order valence-electron chi connectivity index (χ0n) is 13.9. The topological polar surface area (TPSA) is 12.0 Å². The first-order valence-electron chi connectivity index (χ1n) is 8.40. The summed E-state index contributed by atoms with van der Waals surface area (Å²) >= 11 is 0. The van der Waals surface area contributed by atoms with E-state index in [1.54, 1.807) is 0 Å². The van der Waals surface area contributed by atoms with Crippen molar-refractivity contribution in [3.05, 3.63) is 35.4 Å². The highest BCUT2D eigenvalue weighted by Crippen LogP contribution is 2.17. The Morgan fingerprint density at radius 3 is 2.30 bits per heavy atom. The Morgan fingerprint density at radius 2 is 1.70 bits per heavy atom. The lowest BCUT2D eigenvalue weighted by Gasteiger charge is -2.19. The quantitative estimate of drug-likeness (QED) is 0.584. The highest BCUT2D eigenvalue weighted by molar-refractivity contribution is 5.21. The van der Waals surface area contributed by atoms with Gasteiger partial charge in [0.05, 0.1) is 0 Å². The van der Waals surface area contributed by atoms with Crippen LogP contribution in [0, 0.1) is 12.8 Å². The lowest BCUT2D eigenvalue weighted by atomic mass is 9.93. The Kier molecular flexibility index (Phi) is 8.60. The molecule has 0 radical (unpaired) electrons. The van der Waals surface area contributed by atoms with Crippen LogP contribution in [0.15, 0.2) is 24.3 Å². The van der Waals surface area contributed by atoms with Gasteiger partial charge in [-0.15, -0.1) is 0 Å². The van der Waals surface area contributed by atoms with Gasteiger partial charge in [-0.3, -0.25) is 0 Å². The number of aryl methyl sites for hydroxylation is 1. The van der Waals surface area contributed by atoms with Crippen molar-refractivity contribution < 1.29 is 0 Å². The van der Waals surface area contributed by atoms with Gasteiger partial charge in [-0.1, -0.05) is 76.3 Å². The Hall–Kier alpha value is -0.820. The molecule has 1 heteroatoms. The van der Waals surface area contributed by atoms with E-state index in [-0.39, 0.29) is 0 Å². The second kappa shape index (κ2) is 9.99. The molecule has 0 aliphatic heterocycles. The average molecular weight is 275 g/mol. The average Bonchev–Trinajstić information content (AvgIpc) is 2.43. The molecule has 1 N–H and O–H groups in total. The molecule has 0 amide bonds. The van der Waals surface area contributed by atoms with Gasteiger partial charge in [0.1, 0.15) is 0 Å². The first kappa shape index (κ1) is 17.2.